The molecule has 1 fully saturated rings. The molecular formula is C21H33F6N5O6. The first-order valence-corrected chi connectivity index (χ1v) is 11.6. The van der Waals surface area contributed by atoms with Gasteiger partial charge in [0.25, 0.3) is 0 Å². The van der Waals surface area contributed by atoms with Gasteiger partial charge in [-0.25, -0.2) is 14.3 Å². The van der Waals surface area contributed by atoms with Crippen molar-refractivity contribution in [1.29, 1.82) is 0 Å². The molecule has 1 aromatic heterocycles. The first-order valence-electron chi connectivity index (χ1n) is 11.6. The number of aromatic nitrogens is 3. The van der Waals surface area contributed by atoms with Gasteiger partial charge in [-0.15, -0.1) is 5.10 Å². The van der Waals surface area contributed by atoms with Gasteiger partial charge in [0, 0.05) is 45.9 Å². The molecule has 1 aromatic rings. The predicted octanol–water partition coefficient (Wildman–Crippen LogP) is 2.26. The number of aryl methyl sites for hydroxylation is 1. The Labute approximate surface area is 215 Å². The van der Waals surface area contributed by atoms with E-state index in [2.05, 4.69) is 38.9 Å². The monoisotopic (exact) mass is 565 g/mol. The highest BCUT2D eigenvalue weighted by molar-refractivity contribution is 5.73. The summed E-state index contributed by atoms with van der Waals surface area (Å²) < 4.78 is 76.8. The Morgan fingerprint density at radius 3 is 2.11 bits per heavy atom. The van der Waals surface area contributed by atoms with Gasteiger partial charge in [0.1, 0.15) is 5.69 Å². The summed E-state index contributed by atoms with van der Waals surface area (Å²) in [5.74, 6) is -4.75. The van der Waals surface area contributed by atoms with Crippen LogP contribution in [0.5, 0.6) is 0 Å². The fourth-order valence-corrected chi connectivity index (χ4v) is 3.43. The molecule has 38 heavy (non-hydrogen) atoms. The van der Waals surface area contributed by atoms with E-state index in [9.17, 15) is 26.3 Å². The van der Waals surface area contributed by atoms with E-state index >= 15 is 0 Å². The zero-order valence-corrected chi connectivity index (χ0v) is 21.1. The van der Waals surface area contributed by atoms with Crippen LogP contribution in [0.15, 0.2) is 0 Å². The largest absolute Gasteiger partial charge is 0.490 e. The molecule has 220 valence electrons. The Kier molecular flexibility index (Phi) is 13.9. The molecule has 0 aliphatic carbocycles. The number of alkyl halides is 6. The van der Waals surface area contributed by atoms with Crippen molar-refractivity contribution in [2.45, 2.75) is 51.3 Å². The van der Waals surface area contributed by atoms with E-state index in [4.69, 9.17) is 29.3 Å². The normalized spacial score (nSPS) is 17.0. The maximum atomic E-state index is 10.6. The molecule has 0 radical (unpaired) electrons. The van der Waals surface area contributed by atoms with Crippen LogP contribution in [-0.4, -0.2) is 113 Å². The van der Waals surface area contributed by atoms with Gasteiger partial charge < -0.3 is 24.6 Å². The van der Waals surface area contributed by atoms with Gasteiger partial charge in [0.15, 0.2) is 0 Å². The first-order chi connectivity index (χ1) is 17.6. The predicted molar refractivity (Wildman–Crippen MR) is 119 cm³/mol. The van der Waals surface area contributed by atoms with Gasteiger partial charge in [-0.2, -0.15) is 26.3 Å². The minimum atomic E-state index is -5.08. The third-order valence-electron chi connectivity index (χ3n) is 5.40. The lowest BCUT2D eigenvalue weighted by atomic mass is 9.99. The highest BCUT2D eigenvalue weighted by Gasteiger charge is 2.38. The minimum absolute atomic E-state index is 0.564. The van der Waals surface area contributed by atoms with E-state index in [-0.39, 0.29) is 0 Å². The lowest BCUT2D eigenvalue weighted by Gasteiger charge is -2.28. The zero-order chi connectivity index (χ0) is 28.9. The minimum Gasteiger partial charge on any atom is -0.475 e. The molecule has 0 unspecified atom stereocenters. The Hall–Kier alpha value is -2.50. The number of aliphatic carboxylic acids is 2. The summed E-state index contributed by atoms with van der Waals surface area (Å²) in [7, 11) is 4.11. The Bertz CT molecular complexity index is 835. The van der Waals surface area contributed by atoms with Crippen molar-refractivity contribution >= 4 is 11.9 Å². The van der Waals surface area contributed by atoms with Crippen molar-refractivity contribution in [2.75, 3.05) is 53.6 Å². The number of rotatable bonds is 7. The summed E-state index contributed by atoms with van der Waals surface area (Å²) in [6.45, 7) is 8.27. The van der Waals surface area contributed by atoms with Gasteiger partial charge in [-0.3, -0.25) is 4.90 Å². The summed E-state index contributed by atoms with van der Waals surface area (Å²) in [5.41, 5.74) is 2.25. The van der Waals surface area contributed by atoms with Crippen LogP contribution in [0.1, 0.15) is 30.7 Å². The van der Waals surface area contributed by atoms with Crippen molar-refractivity contribution in [1.82, 2.24) is 24.8 Å². The molecule has 11 nitrogen and oxygen atoms in total. The van der Waals surface area contributed by atoms with Crippen LogP contribution >= 0.6 is 0 Å². The summed E-state index contributed by atoms with van der Waals surface area (Å²) in [6.07, 6.45) is -6.65. The number of ether oxygens (including phenoxy) is 2. The SMILES string of the molecule is CN(C)CCOCc1nnn2c1CN(CC1CCOCC1)CCC2.O=C(O)C(F)(F)F.O=C(O)C(F)(F)F. The molecule has 0 bridgehead atoms. The van der Waals surface area contributed by atoms with E-state index in [1.165, 1.54) is 18.5 Å². The second-order valence-corrected chi connectivity index (χ2v) is 8.81. The molecule has 17 heteroatoms. The standard InChI is InChI=1S/C17H31N5O2.2C2HF3O2/c1-20(2)8-11-24-14-16-17-13-21(6-3-7-22(17)19-18-16)12-15-4-9-23-10-5-15;2*3-2(4,5)1(6)7/h15H,3-14H2,1-2H3;2*(H,6,7). The molecule has 0 atom stereocenters. The van der Waals surface area contributed by atoms with Gasteiger partial charge >= 0.3 is 24.3 Å². The quantitative estimate of drug-likeness (QED) is 0.375. The molecule has 0 saturated carbocycles. The second kappa shape index (κ2) is 15.8. The number of hydrogen-bond acceptors (Lipinski definition) is 8. The number of fused-ring (bicyclic) bond motifs is 1. The van der Waals surface area contributed by atoms with E-state index in [1.807, 2.05) is 0 Å². The highest BCUT2D eigenvalue weighted by Crippen LogP contribution is 2.21. The third-order valence-corrected chi connectivity index (χ3v) is 5.40. The number of carboxylic acids is 2. The van der Waals surface area contributed by atoms with Crippen LogP contribution in [-0.2, 0) is 38.8 Å². The molecule has 0 spiro atoms. The van der Waals surface area contributed by atoms with Crippen LogP contribution in [0.3, 0.4) is 0 Å². The number of hydrogen-bond donors (Lipinski definition) is 2. The number of nitrogens with zero attached hydrogens (tertiary/aromatic N) is 5. The van der Waals surface area contributed by atoms with Crippen LogP contribution in [0.2, 0.25) is 0 Å². The van der Waals surface area contributed by atoms with Crippen molar-refractivity contribution in [3.05, 3.63) is 11.4 Å². The summed E-state index contributed by atoms with van der Waals surface area (Å²) in [4.78, 5) is 22.5. The van der Waals surface area contributed by atoms with Crippen LogP contribution < -0.4 is 0 Å². The highest BCUT2D eigenvalue weighted by atomic mass is 19.4. The molecule has 2 aliphatic heterocycles. The van der Waals surface area contributed by atoms with Crippen LogP contribution in [0, 0.1) is 5.92 Å². The second-order valence-electron chi connectivity index (χ2n) is 8.81. The first kappa shape index (κ1) is 33.5. The molecule has 2 aliphatic rings. The number of likely N-dealkylation sites (N-methyl/N-ethyl adjacent to an activating group) is 1. The maximum Gasteiger partial charge on any atom is 0.490 e. The van der Waals surface area contributed by atoms with Gasteiger partial charge in [0.2, 0.25) is 0 Å². The average Bonchev–Trinajstić information content (AvgIpc) is 3.06. The Morgan fingerprint density at radius 1 is 1.05 bits per heavy atom. The van der Waals surface area contributed by atoms with Crippen LogP contribution in [0.25, 0.3) is 0 Å². The molecule has 1 saturated heterocycles. The van der Waals surface area contributed by atoms with E-state index in [1.54, 1.807) is 0 Å². The smallest absolute Gasteiger partial charge is 0.475 e. The Morgan fingerprint density at radius 2 is 1.61 bits per heavy atom. The molecule has 0 amide bonds. The molecule has 3 rings (SSSR count). The van der Waals surface area contributed by atoms with Gasteiger partial charge in [-0.1, -0.05) is 5.21 Å². The average molecular weight is 566 g/mol. The van der Waals surface area contributed by atoms with Gasteiger partial charge in [-0.05, 0) is 39.3 Å². The summed E-state index contributed by atoms with van der Waals surface area (Å²) >= 11 is 0. The summed E-state index contributed by atoms with van der Waals surface area (Å²) in [5, 5.41) is 23.0. The van der Waals surface area contributed by atoms with Crippen LogP contribution in [0.4, 0.5) is 26.3 Å². The topological polar surface area (TPSA) is 130 Å². The fraction of sp³-hybridized carbons (Fsp3) is 0.810. The number of carbonyl (C=O) groups is 2. The van der Waals surface area contributed by atoms with E-state index in [0.29, 0.717) is 6.61 Å². The zero-order valence-electron chi connectivity index (χ0n) is 21.1. The molecular weight excluding hydrogens is 532 g/mol. The summed E-state index contributed by atoms with van der Waals surface area (Å²) in [6, 6.07) is 0. The van der Waals surface area contributed by atoms with E-state index in [0.717, 1.165) is 70.6 Å². The number of carboxylic acid groups (broad SMARTS) is 2. The fourth-order valence-electron chi connectivity index (χ4n) is 3.43. The maximum absolute atomic E-state index is 10.6. The lowest BCUT2D eigenvalue weighted by Crippen LogP contribution is -2.32. The molecule has 3 heterocycles. The molecule has 2 N–H and O–H groups in total. The number of halogens is 6. The van der Waals surface area contributed by atoms with Crippen molar-refractivity contribution in [3.8, 4) is 0 Å². The van der Waals surface area contributed by atoms with Gasteiger partial charge in [0.05, 0.1) is 18.9 Å². The molecule has 0 aromatic carbocycles. The lowest BCUT2D eigenvalue weighted by molar-refractivity contribution is -0.193. The van der Waals surface area contributed by atoms with Crippen molar-refractivity contribution < 1.29 is 55.6 Å². The van der Waals surface area contributed by atoms with Crippen molar-refractivity contribution in [2.24, 2.45) is 5.92 Å². The van der Waals surface area contributed by atoms with Crippen molar-refractivity contribution in [3.63, 3.8) is 0 Å². The van der Waals surface area contributed by atoms with E-state index < -0.39 is 24.3 Å². The Balaban J connectivity index is 0.000000426. The third kappa shape index (κ3) is 13.3.